The van der Waals surface area contributed by atoms with Gasteiger partial charge in [0.15, 0.2) is 0 Å². The average Bonchev–Trinajstić information content (AvgIpc) is 2.71. The smallest absolute Gasteiger partial charge is 0.0858 e. The van der Waals surface area contributed by atoms with Crippen LogP contribution in [0.25, 0.3) is 0 Å². The molecule has 1 aliphatic rings. The van der Waals surface area contributed by atoms with E-state index in [9.17, 15) is 0 Å². The van der Waals surface area contributed by atoms with Crippen LogP contribution in [-0.4, -0.2) is 23.1 Å². The van der Waals surface area contributed by atoms with Crippen molar-refractivity contribution in [3.05, 3.63) is 29.0 Å². The summed E-state index contributed by atoms with van der Waals surface area (Å²) in [4.78, 5) is 3.96. The van der Waals surface area contributed by atoms with Gasteiger partial charge in [0.25, 0.3) is 0 Å². The second-order valence-corrected chi connectivity index (χ2v) is 4.59. The molecule has 0 spiro atoms. The minimum atomic E-state index is -0.216. The van der Waals surface area contributed by atoms with E-state index in [4.69, 9.17) is 27.9 Å². The van der Waals surface area contributed by atoms with Crippen LogP contribution in [0, 0.1) is 0 Å². The minimum absolute atomic E-state index is 0.216. The van der Waals surface area contributed by atoms with Gasteiger partial charge in [0.05, 0.1) is 16.5 Å². The molecule has 1 aromatic rings. The minimum Gasteiger partial charge on any atom is -0.373 e. The molecule has 0 aromatic carbocycles. The second-order valence-electron chi connectivity index (χ2n) is 3.91. The van der Waals surface area contributed by atoms with E-state index in [2.05, 4.69) is 4.98 Å². The van der Waals surface area contributed by atoms with Gasteiger partial charge in [-0.3, -0.25) is 4.98 Å². The highest BCUT2D eigenvalue weighted by Gasteiger charge is 2.34. The Morgan fingerprint density at radius 3 is 3.00 bits per heavy atom. The van der Waals surface area contributed by atoms with Crippen molar-refractivity contribution in [3.63, 3.8) is 0 Å². The van der Waals surface area contributed by atoms with Crippen molar-refractivity contribution in [2.24, 2.45) is 0 Å². The lowest BCUT2D eigenvalue weighted by Crippen LogP contribution is -2.32. The third kappa shape index (κ3) is 2.44. The highest BCUT2D eigenvalue weighted by atomic mass is 35.5. The van der Waals surface area contributed by atoms with E-state index in [0.29, 0.717) is 10.9 Å². The first kappa shape index (κ1) is 11.2. The zero-order valence-electron chi connectivity index (χ0n) is 8.38. The number of rotatable bonds is 3. The predicted octanol–water partition coefficient (Wildman–Crippen LogP) is 3.07. The summed E-state index contributed by atoms with van der Waals surface area (Å²) in [6, 6.07) is 1.93. The maximum Gasteiger partial charge on any atom is 0.0858 e. The number of aromatic nitrogens is 1. The molecule has 0 aliphatic carbocycles. The Labute approximate surface area is 99.6 Å². The van der Waals surface area contributed by atoms with Gasteiger partial charge in [-0.15, -0.1) is 11.6 Å². The normalized spacial score (nSPS) is 25.7. The highest BCUT2D eigenvalue weighted by molar-refractivity contribution is 6.31. The molecule has 82 valence electrons. The van der Waals surface area contributed by atoms with Gasteiger partial charge in [-0.05, 0) is 24.5 Å². The Bertz CT molecular complexity index is 337. The van der Waals surface area contributed by atoms with Crippen LogP contribution in [0.1, 0.15) is 18.4 Å². The molecule has 2 rings (SSSR count). The Hall–Kier alpha value is -0.310. The SMILES string of the molecule is ClCC1(Cc2ccncc2Cl)CCCO1. The number of nitrogens with zero attached hydrogens (tertiary/aromatic N) is 1. The lowest BCUT2D eigenvalue weighted by atomic mass is 9.94. The first-order valence-electron chi connectivity index (χ1n) is 5.04. The van der Waals surface area contributed by atoms with Crippen LogP contribution in [0.4, 0.5) is 0 Å². The topological polar surface area (TPSA) is 22.1 Å². The summed E-state index contributed by atoms with van der Waals surface area (Å²) in [7, 11) is 0. The molecule has 0 saturated carbocycles. The summed E-state index contributed by atoms with van der Waals surface area (Å²) in [5.41, 5.74) is 0.848. The Balaban J connectivity index is 2.16. The van der Waals surface area contributed by atoms with E-state index >= 15 is 0 Å². The van der Waals surface area contributed by atoms with Crippen molar-refractivity contribution in [2.45, 2.75) is 24.9 Å². The standard InChI is InChI=1S/C11H13Cl2NO/c12-8-11(3-1-5-15-11)6-9-2-4-14-7-10(9)13/h2,4,7H,1,3,5-6,8H2. The molecule has 1 fully saturated rings. The molecular weight excluding hydrogens is 233 g/mol. The Kier molecular flexibility index (Phi) is 3.49. The van der Waals surface area contributed by atoms with E-state index in [1.807, 2.05) is 6.07 Å². The van der Waals surface area contributed by atoms with Crippen molar-refractivity contribution in [1.29, 1.82) is 0 Å². The molecule has 1 aromatic heterocycles. The van der Waals surface area contributed by atoms with Gasteiger partial charge in [0.2, 0.25) is 0 Å². The average molecular weight is 246 g/mol. The van der Waals surface area contributed by atoms with E-state index in [1.54, 1.807) is 12.4 Å². The molecule has 1 atom stereocenters. The summed E-state index contributed by atoms with van der Waals surface area (Å²) in [5, 5.41) is 0.692. The van der Waals surface area contributed by atoms with Crippen molar-refractivity contribution in [2.75, 3.05) is 12.5 Å². The summed E-state index contributed by atoms with van der Waals surface area (Å²) in [5.74, 6) is 0.519. The fourth-order valence-electron chi connectivity index (χ4n) is 1.94. The maximum atomic E-state index is 6.06. The Morgan fingerprint density at radius 2 is 2.40 bits per heavy atom. The quantitative estimate of drug-likeness (QED) is 0.764. The monoisotopic (exact) mass is 245 g/mol. The van der Waals surface area contributed by atoms with Crippen LogP contribution in [-0.2, 0) is 11.2 Å². The van der Waals surface area contributed by atoms with E-state index < -0.39 is 0 Å². The molecule has 0 bridgehead atoms. The van der Waals surface area contributed by atoms with Crippen LogP contribution < -0.4 is 0 Å². The number of halogens is 2. The van der Waals surface area contributed by atoms with Crippen LogP contribution in [0.3, 0.4) is 0 Å². The van der Waals surface area contributed by atoms with Crippen molar-refractivity contribution >= 4 is 23.2 Å². The molecule has 0 N–H and O–H groups in total. The van der Waals surface area contributed by atoms with Gasteiger partial charge in [0.1, 0.15) is 0 Å². The predicted molar refractivity (Wildman–Crippen MR) is 61.6 cm³/mol. The largest absolute Gasteiger partial charge is 0.373 e. The van der Waals surface area contributed by atoms with E-state index in [0.717, 1.165) is 31.4 Å². The zero-order valence-corrected chi connectivity index (χ0v) is 9.89. The molecular formula is C11H13Cl2NO. The van der Waals surface area contributed by atoms with Gasteiger partial charge in [0, 0.05) is 25.4 Å². The van der Waals surface area contributed by atoms with Crippen molar-refractivity contribution in [1.82, 2.24) is 4.98 Å². The van der Waals surface area contributed by atoms with Crippen molar-refractivity contribution in [3.8, 4) is 0 Å². The highest BCUT2D eigenvalue weighted by Crippen LogP contribution is 2.32. The Morgan fingerprint density at radius 1 is 1.53 bits per heavy atom. The molecule has 1 saturated heterocycles. The molecule has 2 heterocycles. The molecule has 0 amide bonds. The second kappa shape index (κ2) is 4.69. The number of ether oxygens (including phenoxy) is 1. The van der Waals surface area contributed by atoms with E-state index in [1.165, 1.54) is 0 Å². The first-order valence-corrected chi connectivity index (χ1v) is 5.95. The summed E-state index contributed by atoms with van der Waals surface area (Å²) in [6.45, 7) is 0.801. The molecule has 4 heteroatoms. The zero-order chi connectivity index (χ0) is 10.7. The third-order valence-corrected chi connectivity index (χ3v) is 3.62. The first-order chi connectivity index (χ1) is 7.26. The van der Waals surface area contributed by atoms with Gasteiger partial charge in [-0.2, -0.15) is 0 Å². The molecule has 1 unspecified atom stereocenters. The van der Waals surface area contributed by atoms with Gasteiger partial charge in [-0.1, -0.05) is 11.6 Å². The summed E-state index contributed by atoms with van der Waals surface area (Å²) in [6.07, 6.45) is 6.27. The van der Waals surface area contributed by atoms with Crippen LogP contribution in [0.2, 0.25) is 5.02 Å². The summed E-state index contributed by atoms with van der Waals surface area (Å²) >= 11 is 12.0. The third-order valence-electron chi connectivity index (χ3n) is 2.80. The number of alkyl halides is 1. The molecule has 2 nitrogen and oxygen atoms in total. The number of hydrogen-bond donors (Lipinski definition) is 0. The lowest BCUT2D eigenvalue weighted by molar-refractivity contribution is 0.0238. The van der Waals surface area contributed by atoms with Gasteiger partial charge in [-0.25, -0.2) is 0 Å². The van der Waals surface area contributed by atoms with Crippen LogP contribution >= 0.6 is 23.2 Å². The van der Waals surface area contributed by atoms with Crippen LogP contribution in [0.5, 0.6) is 0 Å². The molecule has 0 radical (unpaired) electrons. The fourth-order valence-corrected chi connectivity index (χ4v) is 2.43. The number of pyridine rings is 1. The van der Waals surface area contributed by atoms with Crippen molar-refractivity contribution < 1.29 is 4.74 Å². The van der Waals surface area contributed by atoms with Gasteiger partial charge >= 0.3 is 0 Å². The van der Waals surface area contributed by atoms with E-state index in [-0.39, 0.29) is 5.60 Å². The molecule has 15 heavy (non-hydrogen) atoms. The fraction of sp³-hybridized carbons (Fsp3) is 0.545. The van der Waals surface area contributed by atoms with Gasteiger partial charge < -0.3 is 4.74 Å². The lowest BCUT2D eigenvalue weighted by Gasteiger charge is -2.26. The molecule has 1 aliphatic heterocycles. The number of hydrogen-bond acceptors (Lipinski definition) is 2. The van der Waals surface area contributed by atoms with Crippen LogP contribution in [0.15, 0.2) is 18.5 Å². The maximum absolute atomic E-state index is 6.06. The summed E-state index contributed by atoms with van der Waals surface area (Å²) < 4.78 is 5.74.